The zero-order chi connectivity index (χ0) is 14.8. The summed E-state index contributed by atoms with van der Waals surface area (Å²) < 4.78 is 0. The fourth-order valence-electron chi connectivity index (χ4n) is 3.96. The Morgan fingerprint density at radius 2 is 1.70 bits per heavy atom. The van der Waals surface area contributed by atoms with E-state index in [9.17, 15) is 5.11 Å². The van der Waals surface area contributed by atoms with Crippen molar-refractivity contribution in [2.75, 3.05) is 39.3 Å². The van der Waals surface area contributed by atoms with Gasteiger partial charge < -0.3 is 14.9 Å². The van der Waals surface area contributed by atoms with Gasteiger partial charge in [-0.2, -0.15) is 0 Å². The molecule has 20 heavy (non-hydrogen) atoms. The summed E-state index contributed by atoms with van der Waals surface area (Å²) in [5.41, 5.74) is 0.113. The number of hydrogen-bond acceptors (Lipinski definition) is 3. The monoisotopic (exact) mass is 282 g/mol. The summed E-state index contributed by atoms with van der Waals surface area (Å²) in [6.07, 6.45) is 3.54. The van der Waals surface area contributed by atoms with Crippen LogP contribution in [0.15, 0.2) is 0 Å². The Bertz CT molecular complexity index is 295. The Morgan fingerprint density at radius 1 is 1.10 bits per heavy atom. The van der Waals surface area contributed by atoms with Crippen LogP contribution in [0.4, 0.5) is 0 Å². The minimum Gasteiger partial charge on any atom is -0.392 e. The maximum absolute atomic E-state index is 10.6. The van der Waals surface area contributed by atoms with Crippen molar-refractivity contribution in [3.8, 4) is 0 Å². The molecule has 2 atom stereocenters. The predicted molar refractivity (Wildman–Crippen MR) is 84.8 cm³/mol. The highest BCUT2D eigenvalue weighted by atomic mass is 16.3. The van der Waals surface area contributed by atoms with Gasteiger partial charge >= 0.3 is 0 Å². The average Bonchev–Trinajstić information content (AvgIpc) is 2.37. The quantitative estimate of drug-likeness (QED) is 0.858. The molecule has 118 valence electrons. The lowest BCUT2D eigenvalue weighted by molar-refractivity contribution is -0.0468. The predicted octanol–water partition coefficient (Wildman–Crippen LogP) is 2.45. The lowest BCUT2D eigenvalue weighted by Gasteiger charge is -2.44. The molecular weight excluding hydrogens is 248 g/mol. The van der Waals surface area contributed by atoms with E-state index in [-0.39, 0.29) is 11.5 Å². The minimum atomic E-state index is -0.120. The van der Waals surface area contributed by atoms with Crippen molar-refractivity contribution in [2.24, 2.45) is 17.3 Å². The molecule has 3 nitrogen and oxygen atoms in total. The van der Waals surface area contributed by atoms with Crippen LogP contribution in [0, 0.1) is 17.3 Å². The van der Waals surface area contributed by atoms with Crippen molar-refractivity contribution in [2.45, 2.75) is 53.1 Å². The van der Waals surface area contributed by atoms with Crippen LogP contribution in [-0.2, 0) is 0 Å². The van der Waals surface area contributed by atoms with Gasteiger partial charge in [-0.15, -0.1) is 0 Å². The molecule has 1 N–H and O–H groups in total. The first kappa shape index (κ1) is 16.3. The van der Waals surface area contributed by atoms with Gasteiger partial charge in [-0.3, -0.25) is 0 Å². The van der Waals surface area contributed by atoms with Crippen LogP contribution in [0.25, 0.3) is 0 Å². The van der Waals surface area contributed by atoms with Gasteiger partial charge in [0.1, 0.15) is 0 Å². The first-order chi connectivity index (χ1) is 9.38. The summed E-state index contributed by atoms with van der Waals surface area (Å²) in [6, 6.07) is 0. The number of piperazine rings is 1. The summed E-state index contributed by atoms with van der Waals surface area (Å²) in [7, 11) is 0. The molecule has 0 spiro atoms. The summed E-state index contributed by atoms with van der Waals surface area (Å²) in [6.45, 7) is 16.1. The van der Waals surface area contributed by atoms with E-state index in [1.54, 1.807) is 0 Å². The third-order valence-corrected chi connectivity index (χ3v) is 5.22. The van der Waals surface area contributed by atoms with Gasteiger partial charge in [-0.25, -0.2) is 0 Å². The molecule has 0 aromatic rings. The van der Waals surface area contributed by atoms with Crippen LogP contribution in [0.1, 0.15) is 47.0 Å². The Morgan fingerprint density at radius 3 is 2.30 bits per heavy atom. The van der Waals surface area contributed by atoms with Crippen LogP contribution in [0.3, 0.4) is 0 Å². The van der Waals surface area contributed by atoms with E-state index < -0.39 is 0 Å². The van der Waals surface area contributed by atoms with Crippen molar-refractivity contribution in [1.29, 1.82) is 0 Å². The summed E-state index contributed by atoms with van der Waals surface area (Å²) >= 11 is 0. The van der Waals surface area contributed by atoms with E-state index in [1.807, 2.05) is 0 Å². The van der Waals surface area contributed by atoms with Gasteiger partial charge in [0.15, 0.2) is 0 Å². The summed E-state index contributed by atoms with van der Waals surface area (Å²) in [5.74, 6) is 1.25. The molecule has 0 radical (unpaired) electrons. The maximum Gasteiger partial charge on any atom is 0.0631 e. The second kappa shape index (κ2) is 6.76. The van der Waals surface area contributed by atoms with Crippen molar-refractivity contribution >= 4 is 0 Å². The molecule has 1 saturated heterocycles. The van der Waals surface area contributed by atoms with Gasteiger partial charge in [-0.05, 0) is 30.1 Å². The summed E-state index contributed by atoms with van der Waals surface area (Å²) in [4.78, 5) is 5.16. The van der Waals surface area contributed by atoms with Crippen molar-refractivity contribution in [3.63, 3.8) is 0 Å². The third-order valence-electron chi connectivity index (χ3n) is 5.22. The smallest absolute Gasteiger partial charge is 0.0631 e. The topological polar surface area (TPSA) is 26.7 Å². The first-order valence-corrected chi connectivity index (χ1v) is 8.51. The van der Waals surface area contributed by atoms with Crippen LogP contribution < -0.4 is 0 Å². The molecule has 0 amide bonds. The van der Waals surface area contributed by atoms with Crippen molar-refractivity contribution in [3.05, 3.63) is 0 Å². The highest BCUT2D eigenvalue weighted by molar-refractivity contribution is 4.90. The molecule has 2 aliphatic rings. The standard InChI is InChI=1S/C17H34N2O/c1-14(2)12-18-8-10-19(11-9-18)13-15-6-5-7-17(3,4)16(15)20/h14-16,20H,5-13H2,1-4H3. The first-order valence-electron chi connectivity index (χ1n) is 8.51. The van der Waals surface area contributed by atoms with Crippen LogP contribution in [0.5, 0.6) is 0 Å². The molecule has 2 fully saturated rings. The molecule has 3 heteroatoms. The molecule has 1 heterocycles. The van der Waals surface area contributed by atoms with E-state index in [0.29, 0.717) is 5.92 Å². The Labute approximate surface area is 125 Å². The van der Waals surface area contributed by atoms with E-state index >= 15 is 0 Å². The molecule has 1 aliphatic heterocycles. The fourth-order valence-corrected chi connectivity index (χ4v) is 3.96. The SMILES string of the molecule is CC(C)CN1CCN(CC2CCCC(C)(C)C2O)CC1. The molecule has 0 aromatic carbocycles. The average molecular weight is 282 g/mol. The highest BCUT2D eigenvalue weighted by Crippen LogP contribution is 2.39. The van der Waals surface area contributed by atoms with Crippen LogP contribution in [-0.4, -0.2) is 60.3 Å². The summed E-state index contributed by atoms with van der Waals surface area (Å²) in [5, 5.41) is 10.6. The third kappa shape index (κ3) is 4.19. The van der Waals surface area contributed by atoms with Gasteiger partial charge in [0, 0.05) is 39.3 Å². The van der Waals surface area contributed by atoms with Crippen molar-refractivity contribution < 1.29 is 5.11 Å². The van der Waals surface area contributed by atoms with Crippen molar-refractivity contribution in [1.82, 2.24) is 9.80 Å². The molecule has 1 saturated carbocycles. The van der Waals surface area contributed by atoms with Crippen LogP contribution >= 0.6 is 0 Å². The minimum absolute atomic E-state index is 0.113. The normalized spacial score (nSPS) is 32.7. The Balaban J connectivity index is 1.78. The molecule has 1 aliphatic carbocycles. The fraction of sp³-hybridized carbons (Fsp3) is 1.00. The van der Waals surface area contributed by atoms with E-state index in [0.717, 1.165) is 12.5 Å². The molecule has 0 aromatic heterocycles. The maximum atomic E-state index is 10.6. The lowest BCUT2D eigenvalue weighted by atomic mass is 9.69. The molecular formula is C17H34N2O. The number of nitrogens with zero attached hydrogens (tertiary/aromatic N) is 2. The van der Waals surface area contributed by atoms with E-state index in [1.165, 1.54) is 52.0 Å². The van der Waals surface area contributed by atoms with E-state index in [2.05, 4.69) is 37.5 Å². The number of rotatable bonds is 4. The number of hydrogen-bond donors (Lipinski definition) is 1. The van der Waals surface area contributed by atoms with Gasteiger partial charge in [0.05, 0.1) is 6.10 Å². The molecule has 2 unspecified atom stereocenters. The Kier molecular flexibility index (Phi) is 5.49. The second-order valence-corrected chi connectivity index (χ2v) is 8.08. The van der Waals surface area contributed by atoms with E-state index in [4.69, 9.17) is 0 Å². The molecule has 0 bridgehead atoms. The second-order valence-electron chi connectivity index (χ2n) is 8.08. The zero-order valence-electron chi connectivity index (χ0n) is 13.9. The lowest BCUT2D eigenvalue weighted by Crippen LogP contribution is -2.51. The number of aliphatic hydroxyl groups excluding tert-OH is 1. The zero-order valence-corrected chi connectivity index (χ0v) is 13.9. The number of aliphatic hydroxyl groups is 1. The highest BCUT2D eigenvalue weighted by Gasteiger charge is 2.38. The largest absolute Gasteiger partial charge is 0.392 e. The van der Waals surface area contributed by atoms with Gasteiger partial charge in [-0.1, -0.05) is 34.1 Å². The Hall–Kier alpha value is -0.120. The van der Waals surface area contributed by atoms with Gasteiger partial charge in [0.25, 0.3) is 0 Å². The van der Waals surface area contributed by atoms with Crippen LogP contribution in [0.2, 0.25) is 0 Å². The molecule has 2 rings (SSSR count). The van der Waals surface area contributed by atoms with Gasteiger partial charge in [0.2, 0.25) is 0 Å².